The molecule has 28 heavy (non-hydrogen) atoms. The Morgan fingerprint density at radius 3 is 2.39 bits per heavy atom. The van der Waals surface area contributed by atoms with Crippen LogP contribution in [-0.4, -0.2) is 42.0 Å². The van der Waals surface area contributed by atoms with Gasteiger partial charge in [0.05, 0.1) is 0 Å². The summed E-state index contributed by atoms with van der Waals surface area (Å²) < 4.78 is 0. The zero-order valence-electron chi connectivity index (χ0n) is 16.4. The summed E-state index contributed by atoms with van der Waals surface area (Å²) in [5.74, 6) is 1.12. The molecule has 1 amide bonds. The molecule has 2 heterocycles. The van der Waals surface area contributed by atoms with Crippen molar-refractivity contribution >= 4 is 11.7 Å². The van der Waals surface area contributed by atoms with Crippen molar-refractivity contribution in [3.05, 3.63) is 83.6 Å². The normalized spacial score (nSPS) is 14.2. The van der Waals surface area contributed by atoms with Crippen molar-refractivity contribution in [1.82, 2.24) is 9.88 Å². The standard InChI is InChI=1S/C24H24N3O/c1-18-16-19(2)23(25-17-18)26-12-14-27(15-13-26)24(28)22-10-8-21(9-11-22)20-6-4-3-5-7-20/h3-6,8-11,16-17H,12-15H2,1-2H3. The van der Waals surface area contributed by atoms with Crippen molar-refractivity contribution in [2.45, 2.75) is 13.8 Å². The number of aryl methyl sites for hydroxylation is 2. The highest BCUT2D eigenvalue weighted by molar-refractivity contribution is 5.94. The van der Waals surface area contributed by atoms with E-state index in [2.05, 4.69) is 35.9 Å². The lowest BCUT2D eigenvalue weighted by Crippen LogP contribution is -2.49. The van der Waals surface area contributed by atoms with E-state index in [0.29, 0.717) is 13.1 Å². The number of rotatable bonds is 3. The van der Waals surface area contributed by atoms with Crippen LogP contribution < -0.4 is 4.90 Å². The van der Waals surface area contributed by atoms with Gasteiger partial charge in [-0.3, -0.25) is 4.79 Å². The summed E-state index contributed by atoms with van der Waals surface area (Å²) in [5.41, 5.74) is 5.21. The summed E-state index contributed by atoms with van der Waals surface area (Å²) in [6.07, 6.45) is 1.91. The minimum absolute atomic E-state index is 0.0943. The summed E-state index contributed by atoms with van der Waals surface area (Å²) in [4.78, 5) is 21.7. The fourth-order valence-corrected chi connectivity index (χ4v) is 3.71. The van der Waals surface area contributed by atoms with E-state index in [1.807, 2.05) is 59.6 Å². The maximum Gasteiger partial charge on any atom is 0.253 e. The number of hydrogen-bond acceptors (Lipinski definition) is 3. The van der Waals surface area contributed by atoms with E-state index in [4.69, 9.17) is 0 Å². The van der Waals surface area contributed by atoms with Gasteiger partial charge in [0.2, 0.25) is 0 Å². The Kier molecular flexibility index (Phi) is 5.11. The number of piperazine rings is 1. The Morgan fingerprint density at radius 2 is 1.75 bits per heavy atom. The highest BCUT2D eigenvalue weighted by atomic mass is 16.2. The van der Waals surface area contributed by atoms with Crippen molar-refractivity contribution in [3.8, 4) is 11.1 Å². The van der Waals surface area contributed by atoms with E-state index >= 15 is 0 Å². The number of pyridine rings is 1. The summed E-state index contributed by atoms with van der Waals surface area (Å²) in [6.45, 7) is 7.18. The Morgan fingerprint density at radius 1 is 1.00 bits per heavy atom. The average Bonchev–Trinajstić information content (AvgIpc) is 2.74. The van der Waals surface area contributed by atoms with Crippen LogP contribution in [0.3, 0.4) is 0 Å². The van der Waals surface area contributed by atoms with E-state index in [1.54, 1.807) is 0 Å². The van der Waals surface area contributed by atoms with Gasteiger partial charge in [-0.2, -0.15) is 0 Å². The van der Waals surface area contributed by atoms with Crippen molar-refractivity contribution in [1.29, 1.82) is 0 Å². The molecule has 141 valence electrons. The molecule has 1 aromatic heterocycles. The molecule has 0 unspecified atom stereocenters. The minimum atomic E-state index is 0.0943. The van der Waals surface area contributed by atoms with Gasteiger partial charge < -0.3 is 9.80 Å². The molecule has 2 aromatic carbocycles. The number of amides is 1. The molecule has 1 saturated heterocycles. The first kappa shape index (κ1) is 18.2. The first-order valence-corrected chi connectivity index (χ1v) is 9.66. The Hall–Kier alpha value is -3.14. The van der Waals surface area contributed by atoms with Crippen LogP contribution in [0.2, 0.25) is 0 Å². The van der Waals surface area contributed by atoms with Gasteiger partial charge in [0.1, 0.15) is 5.82 Å². The van der Waals surface area contributed by atoms with Gasteiger partial charge in [-0.1, -0.05) is 42.5 Å². The topological polar surface area (TPSA) is 36.4 Å². The molecule has 0 atom stereocenters. The smallest absolute Gasteiger partial charge is 0.253 e. The first-order valence-electron chi connectivity index (χ1n) is 9.66. The lowest BCUT2D eigenvalue weighted by atomic mass is 10.0. The van der Waals surface area contributed by atoms with Gasteiger partial charge in [0.15, 0.2) is 0 Å². The number of aromatic nitrogens is 1. The number of carbonyl (C=O) groups is 1. The predicted molar refractivity (Wildman–Crippen MR) is 113 cm³/mol. The van der Waals surface area contributed by atoms with E-state index in [1.165, 1.54) is 11.1 Å². The Labute approximate surface area is 166 Å². The molecule has 4 heteroatoms. The lowest BCUT2D eigenvalue weighted by Gasteiger charge is -2.36. The van der Waals surface area contributed by atoms with Crippen LogP contribution >= 0.6 is 0 Å². The van der Waals surface area contributed by atoms with Crippen LogP contribution in [-0.2, 0) is 0 Å². The van der Waals surface area contributed by atoms with E-state index in [0.717, 1.165) is 35.6 Å². The summed E-state index contributed by atoms with van der Waals surface area (Å²) in [7, 11) is 0. The van der Waals surface area contributed by atoms with Gasteiger partial charge in [-0.25, -0.2) is 4.98 Å². The predicted octanol–water partition coefficient (Wildman–Crippen LogP) is 4.13. The largest absolute Gasteiger partial charge is 0.353 e. The van der Waals surface area contributed by atoms with Gasteiger partial charge >= 0.3 is 0 Å². The molecular formula is C24H24N3O. The second kappa shape index (κ2) is 7.85. The Bertz CT molecular complexity index is 959. The third-order valence-corrected chi connectivity index (χ3v) is 5.21. The average molecular weight is 370 g/mol. The molecule has 0 spiro atoms. The summed E-state index contributed by atoms with van der Waals surface area (Å²) in [6, 6.07) is 21.1. The zero-order chi connectivity index (χ0) is 19.5. The maximum absolute atomic E-state index is 12.9. The van der Waals surface area contributed by atoms with Gasteiger partial charge in [-0.05, 0) is 54.3 Å². The molecule has 1 aliphatic heterocycles. The minimum Gasteiger partial charge on any atom is -0.353 e. The quantitative estimate of drug-likeness (QED) is 0.696. The van der Waals surface area contributed by atoms with Gasteiger partial charge in [0, 0.05) is 37.9 Å². The molecule has 3 aromatic rings. The molecule has 1 radical (unpaired) electrons. The fourth-order valence-electron chi connectivity index (χ4n) is 3.71. The highest BCUT2D eigenvalue weighted by Crippen LogP contribution is 2.22. The number of carbonyl (C=O) groups excluding carboxylic acids is 1. The fraction of sp³-hybridized carbons (Fsp3) is 0.250. The second-order valence-corrected chi connectivity index (χ2v) is 7.29. The summed E-state index contributed by atoms with van der Waals surface area (Å²) in [5, 5.41) is 0. The van der Waals surface area contributed by atoms with Crippen molar-refractivity contribution in [2.75, 3.05) is 31.1 Å². The second-order valence-electron chi connectivity index (χ2n) is 7.29. The number of nitrogens with zero attached hydrogens (tertiary/aromatic N) is 3. The van der Waals surface area contributed by atoms with Gasteiger partial charge in [0.25, 0.3) is 5.91 Å². The lowest BCUT2D eigenvalue weighted by molar-refractivity contribution is 0.0746. The van der Waals surface area contributed by atoms with Crippen LogP contribution in [0.5, 0.6) is 0 Å². The van der Waals surface area contributed by atoms with Crippen LogP contribution in [0.25, 0.3) is 11.1 Å². The first-order chi connectivity index (χ1) is 13.6. The SMILES string of the molecule is Cc1cnc(N2CCN(C(=O)c3ccc(-c4[c]cccc4)cc3)CC2)c(C)c1. The van der Waals surface area contributed by atoms with E-state index in [9.17, 15) is 4.79 Å². The monoisotopic (exact) mass is 370 g/mol. The van der Waals surface area contributed by atoms with Crippen LogP contribution in [0.4, 0.5) is 5.82 Å². The molecule has 4 rings (SSSR count). The number of hydrogen-bond donors (Lipinski definition) is 0. The molecule has 0 saturated carbocycles. The molecular weight excluding hydrogens is 346 g/mol. The third kappa shape index (κ3) is 3.77. The van der Waals surface area contributed by atoms with Crippen molar-refractivity contribution < 1.29 is 4.79 Å². The van der Waals surface area contributed by atoms with Crippen molar-refractivity contribution in [3.63, 3.8) is 0 Å². The molecule has 1 fully saturated rings. The third-order valence-electron chi connectivity index (χ3n) is 5.21. The van der Waals surface area contributed by atoms with Crippen molar-refractivity contribution in [2.24, 2.45) is 0 Å². The van der Waals surface area contributed by atoms with E-state index in [-0.39, 0.29) is 5.91 Å². The van der Waals surface area contributed by atoms with Gasteiger partial charge in [-0.15, -0.1) is 0 Å². The van der Waals surface area contributed by atoms with Crippen LogP contribution in [0.1, 0.15) is 21.5 Å². The number of anilines is 1. The molecule has 0 N–H and O–H groups in total. The van der Waals surface area contributed by atoms with Crippen LogP contribution in [0.15, 0.2) is 60.8 Å². The molecule has 0 aliphatic carbocycles. The maximum atomic E-state index is 12.9. The number of benzene rings is 2. The molecule has 1 aliphatic rings. The highest BCUT2D eigenvalue weighted by Gasteiger charge is 2.23. The molecule has 4 nitrogen and oxygen atoms in total. The van der Waals surface area contributed by atoms with E-state index < -0.39 is 0 Å². The Balaban J connectivity index is 1.41. The molecule has 0 bridgehead atoms. The zero-order valence-corrected chi connectivity index (χ0v) is 16.4. The summed E-state index contributed by atoms with van der Waals surface area (Å²) >= 11 is 0. The van der Waals surface area contributed by atoms with Crippen LogP contribution in [0, 0.1) is 19.9 Å².